The third-order valence-electron chi connectivity index (χ3n) is 1.17. The third kappa shape index (κ3) is 4.84. The van der Waals surface area contributed by atoms with Crippen LogP contribution in [0.2, 0.25) is 0 Å². The van der Waals surface area contributed by atoms with Crippen molar-refractivity contribution in [3.63, 3.8) is 0 Å². The predicted molar refractivity (Wildman–Crippen MR) is 50.3 cm³/mol. The number of hydrogen-bond acceptors (Lipinski definition) is 2. The van der Waals surface area contributed by atoms with Crippen molar-refractivity contribution in [3.05, 3.63) is 0 Å². The number of carbonyl (C=O) groups is 1. The van der Waals surface area contributed by atoms with E-state index in [-0.39, 0.29) is 5.24 Å². The van der Waals surface area contributed by atoms with Gasteiger partial charge in [-0.05, 0) is 12.7 Å². The lowest BCUT2D eigenvalue weighted by molar-refractivity contribution is 0.267. The molecule has 0 saturated heterocycles. The first-order valence-electron chi connectivity index (χ1n) is 3.47. The average molecular weight is 174 g/mol. The van der Waals surface area contributed by atoms with Crippen molar-refractivity contribution in [1.82, 2.24) is 4.90 Å². The van der Waals surface area contributed by atoms with Crippen LogP contribution in [0.15, 0.2) is 4.99 Å². The minimum Gasteiger partial charge on any atom is -0.366 e. The number of aliphatic imine (C=N–C) groups is 1. The first kappa shape index (κ1) is 10.5. The van der Waals surface area contributed by atoms with E-state index in [0.717, 1.165) is 11.6 Å². The van der Waals surface area contributed by atoms with Gasteiger partial charge < -0.3 is 4.90 Å². The van der Waals surface area contributed by atoms with E-state index >= 15 is 0 Å². The summed E-state index contributed by atoms with van der Waals surface area (Å²) in [4.78, 5) is 16.6. The molecule has 3 nitrogen and oxygen atoms in total. The molecule has 0 aromatic rings. The van der Waals surface area contributed by atoms with Crippen molar-refractivity contribution in [3.8, 4) is 0 Å². The lowest BCUT2D eigenvalue weighted by atomic mass is 10.6. The van der Waals surface area contributed by atoms with Gasteiger partial charge in [0.1, 0.15) is 5.84 Å². The maximum Gasteiger partial charge on any atom is 0.306 e. The molecule has 11 heavy (non-hydrogen) atoms. The maximum atomic E-state index is 10.9. The second-order valence-electron chi connectivity index (χ2n) is 2.25. The number of hydrogen-bond donors (Lipinski definition) is 0. The summed E-state index contributed by atoms with van der Waals surface area (Å²) in [5, 5.41) is -0.112. The smallest absolute Gasteiger partial charge is 0.306 e. The molecule has 0 aliphatic carbocycles. The van der Waals surface area contributed by atoms with E-state index in [0.29, 0.717) is 0 Å². The summed E-state index contributed by atoms with van der Waals surface area (Å²) in [6, 6.07) is 0. The van der Waals surface area contributed by atoms with Crippen molar-refractivity contribution in [2.24, 2.45) is 4.99 Å². The van der Waals surface area contributed by atoms with Crippen molar-refractivity contribution in [2.75, 3.05) is 19.8 Å². The predicted octanol–water partition coefficient (Wildman–Crippen LogP) is 1.84. The highest BCUT2D eigenvalue weighted by Gasteiger charge is 1.99. The van der Waals surface area contributed by atoms with Gasteiger partial charge in [0, 0.05) is 14.1 Å². The Morgan fingerprint density at radius 1 is 1.55 bits per heavy atom. The molecule has 0 aromatic carbocycles. The Morgan fingerprint density at radius 3 is 2.45 bits per heavy atom. The molecule has 0 N–H and O–H groups in total. The molecule has 0 aliphatic heterocycles. The van der Waals surface area contributed by atoms with Crippen LogP contribution in [0, 0.1) is 0 Å². The monoisotopic (exact) mass is 174 g/mol. The van der Waals surface area contributed by atoms with Crippen LogP contribution in [0.3, 0.4) is 0 Å². The van der Waals surface area contributed by atoms with E-state index < -0.39 is 0 Å². The van der Waals surface area contributed by atoms with Crippen LogP contribution in [0.4, 0.5) is 4.79 Å². The van der Waals surface area contributed by atoms with Gasteiger partial charge in [0.05, 0.1) is 0 Å². The van der Waals surface area contributed by atoms with E-state index in [9.17, 15) is 4.79 Å². The topological polar surface area (TPSA) is 32.7 Å². The van der Waals surface area contributed by atoms with Gasteiger partial charge in [-0.1, -0.05) is 18.7 Å². The van der Waals surface area contributed by atoms with Crippen LogP contribution >= 0.6 is 11.8 Å². The molecule has 0 rings (SSSR count). The third-order valence-corrected chi connectivity index (χ3v) is 1.80. The Hall–Kier alpha value is -0.510. The van der Waals surface area contributed by atoms with Crippen molar-refractivity contribution in [1.29, 1.82) is 0 Å². The Kier molecular flexibility index (Phi) is 4.94. The summed E-state index contributed by atoms with van der Waals surface area (Å²) in [6.45, 7) is 3.75. The van der Waals surface area contributed by atoms with E-state index in [4.69, 9.17) is 0 Å². The molecule has 0 aliphatic rings. The zero-order valence-electron chi connectivity index (χ0n) is 7.42. The van der Waals surface area contributed by atoms with Crippen molar-refractivity contribution >= 4 is 22.8 Å². The number of thioether (sulfide) groups is 1. The average Bonchev–Trinajstić information content (AvgIpc) is 1.87. The van der Waals surface area contributed by atoms with Gasteiger partial charge in [-0.25, -0.2) is 0 Å². The fourth-order valence-corrected chi connectivity index (χ4v) is 0.831. The number of carbonyl (C=O) groups excluding carboxylic acids is 1. The second kappa shape index (κ2) is 5.18. The summed E-state index contributed by atoms with van der Waals surface area (Å²) in [7, 11) is 3.73. The lowest BCUT2D eigenvalue weighted by Crippen LogP contribution is -2.19. The molecule has 0 aromatic heterocycles. The summed E-state index contributed by atoms with van der Waals surface area (Å²) in [5.74, 6) is 1.53. The summed E-state index contributed by atoms with van der Waals surface area (Å²) in [6.07, 6.45) is 0. The number of amidine groups is 1. The molecule has 64 valence electrons. The van der Waals surface area contributed by atoms with Gasteiger partial charge in [0.25, 0.3) is 0 Å². The molecule has 0 unspecified atom stereocenters. The number of amides is 1. The molecule has 0 fully saturated rings. The van der Waals surface area contributed by atoms with Gasteiger partial charge in [0.2, 0.25) is 0 Å². The Bertz CT molecular complexity index is 166. The van der Waals surface area contributed by atoms with E-state index in [1.54, 1.807) is 0 Å². The number of rotatable bonds is 1. The minimum absolute atomic E-state index is 0.112. The Morgan fingerprint density at radius 2 is 2.09 bits per heavy atom. The molecule has 0 saturated carbocycles. The minimum atomic E-state index is -0.112. The molecular formula is C7H14N2OS. The summed E-state index contributed by atoms with van der Waals surface area (Å²) in [5.41, 5.74) is 0. The van der Waals surface area contributed by atoms with Gasteiger partial charge >= 0.3 is 5.24 Å². The zero-order valence-corrected chi connectivity index (χ0v) is 8.23. The highest BCUT2D eigenvalue weighted by Crippen LogP contribution is 2.03. The van der Waals surface area contributed by atoms with Crippen LogP contribution in [0.25, 0.3) is 0 Å². The van der Waals surface area contributed by atoms with E-state index in [2.05, 4.69) is 4.99 Å². The number of nitrogens with zero attached hydrogens (tertiary/aromatic N) is 2. The fraction of sp³-hybridized carbons (Fsp3) is 0.714. The summed E-state index contributed by atoms with van der Waals surface area (Å²) >= 11 is 1.22. The zero-order chi connectivity index (χ0) is 8.85. The molecule has 0 spiro atoms. The van der Waals surface area contributed by atoms with Crippen LogP contribution in [-0.2, 0) is 0 Å². The lowest BCUT2D eigenvalue weighted by Gasteiger charge is -2.09. The fourth-order valence-electron chi connectivity index (χ4n) is 0.388. The Labute approximate surface area is 71.9 Å². The quantitative estimate of drug-likeness (QED) is 0.449. The van der Waals surface area contributed by atoms with Gasteiger partial charge in [0.15, 0.2) is 0 Å². The first-order valence-corrected chi connectivity index (χ1v) is 4.45. The molecule has 1 amide bonds. The van der Waals surface area contributed by atoms with Gasteiger partial charge in [-0.3, -0.25) is 4.79 Å². The van der Waals surface area contributed by atoms with Gasteiger partial charge in [-0.15, -0.1) is 0 Å². The van der Waals surface area contributed by atoms with Crippen LogP contribution in [0.1, 0.15) is 13.8 Å². The van der Waals surface area contributed by atoms with Crippen LogP contribution in [0.5, 0.6) is 0 Å². The second-order valence-corrected chi connectivity index (χ2v) is 3.47. The Balaban J connectivity index is 3.97. The molecule has 0 radical (unpaired) electrons. The van der Waals surface area contributed by atoms with Crippen LogP contribution in [-0.4, -0.2) is 35.8 Å². The normalized spacial score (nSPS) is 11.5. The molecule has 0 heterocycles. The largest absolute Gasteiger partial charge is 0.366 e. The van der Waals surface area contributed by atoms with Crippen molar-refractivity contribution < 1.29 is 4.79 Å². The standard InChI is InChI=1S/C7H14N2OS/c1-5-11-7(10)8-6(2)9(3)4/h5H2,1-4H3. The van der Waals surface area contributed by atoms with E-state index in [1.807, 2.05) is 32.8 Å². The summed E-state index contributed by atoms with van der Waals surface area (Å²) < 4.78 is 0. The highest BCUT2D eigenvalue weighted by atomic mass is 32.2. The molecule has 4 heteroatoms. The van der Waals surface area contributed by atoms with Gasteiger partial charge in [-0.2, -0.15) is 4.99 Å². The molecular weight excluding hydrogens is 160 g/mol. The first-order chi connectivity index (χ1) is 5.07. The van der Waals surface area contributed by atoms with Crippen molar-refractivity contribution in [2.45, 2.75) is 13.8 Å². The van der Waals surface area contributed by atoms with E-state index in [1.165, 1.54) is 11.8 Å². The highest BCUT2D eigenvalue weighted by molar-refractivity contribution is 8.13. The maximum absolute atomic E-state index is 10.9. The molecule has 0 atom stereocenters. The van der Waals surface area contributed by atoms with Crippen LogP contribution < -0.4 is 0 Å². The molecule has 0 bridgehead atoms. The SMILES string of the molecule is CCSC(=O)N=C(C)N(C)C.